The van der Waals surface area contributed by atoms with E-state index in [-0.39, 0.29) is 24.5 Å². The Morgan fingerprint density at radius 2 is 1.63 bits per heavy atom. The van der Waals surface area contributed by atoms with Gasteiger partial charge in [0.25, 0.3) is 5.91 Å². The van der Waals surface area contributed by atoms with Crippen LogP contribution in [-0.4, -0.2) is 49.5 Å². The lowest BCUT2D eigenvalue weighted by Gasteiger charge is -2.19. The molecule has 0 bridgehead atoms. The standard InChI is InChI=1S/C33H38N2O6/c1-4-5-11-26(20-25-14-17-29(36)30(22-25)41-3)32(38)35-28(21-24-9-7-6-8-10-24)31(37)33(39)34-19-18-23-12-15-27(40-2)16-13-23/h6-10,12-17,20,22,28,36H,4-5,11,18-19,21H2,1-3H3,(H,34,39)(H,35,38)/b26-20+/t28-/m0/s1. The highest BCUT2D eigenvalue weighted by Crippen LogP contribution is 2.28. The molecule has 0 aliphatic carbocycles. The van der Waals surface area contributed by atoms with Crippen molar-refractivity contribution in [3.05, 3.63) is 95.1 Å². The van der Waals surface area contributed by atoms with Crippen LogP contribution in [0.5, 0.6) is 17.2 Å². The Kier molecular flexibility index (Phi) is 12.0. The molecule has 3 rings (SSSR count). The predicted molar refractivity (Wildman–Crippen MR) is 159 cm³/mol. The summed E-state index contributed by atoms with van der Waals surface area (Å²) in [5.41, 5.74) is 2.94. The summed E-state index contributed by atoms with van der Waals surface area (Å²) >= 11 is 0. The van der Waals surface area contributed by atoms with Crippen molar-refractivity contribution < 1.29 is 29.0 Å². The number of methoxy groups -OCH3 is 2. The second-order valence-corrected chi connectivity index (χ2v) is 9.64. The maximum Gasteiger partial charge on any atom is 0.289 e. The van der Waals surface area contributed by atoms with Crippen molar-refractivity contribution in [1.29, 1.82) is 0 Å². The quantitative estimate of drug-likeness (QED) is 0.185. The fraction of sp³-hybridized carbons (Fsp3) is 0.303. The molecule has 0 spiro atoms. The van der Waals surface area contributed by atoms with E-state index in [2.05, 4.69) is 10.6 Å². The van der Waals surface area contributed by atoms with Gasteiger partial charge in [-0.2, -0.15) is 0 Å². The molecule has 0 saturated carbocycles. The van der Waals surface area contributed by atoms with Crippen molar-refractivity contribution in [2.45, 2.75) is 45.1 Å². The van der Waals surface area contributed by atoms with Crippen molar-refractivity contribution in [2.75, 3.05) is 20.8 Å². The highest BCUT2D eigenvalue weighted by atomic mass is 16.5. The summed E-state index contributed by atoms with van der Waals surface area (Å²) in [7, 11) is 3.05. The van der Waals surface area contributed by atoms with E-state index < -0.39 is 23.6 Å². The van der Waals surface area contributed by atoms with Crippen LogP contribution >= 0.6 is 0 Å². The molecular formula is C33H38N2O6. The van der Waals surface area contributed by atoms with Gasteiger partial charge in [-0.3, -0.25) is 14.4 Å². The number of rotatable bonds is 15. The summed E-state index contributed by atoms with van der Waals surface area (Å²) in [6, 6.07) is 20.5. The molecule has 0 aromatic heterocycles. The highest BCUT2D eigenvalue weighted by molar-refractivity contribution is 6.38. The molecule has 0 aliphatic heterocycles. The zero-order valence-electron chi connectivity index (χ0n) is 23.8. The zero-order chi connectivity index (χ0) is 29.6. The molecule has 0 saturated heterocycles. The molecule has 2 amide bonds. The first kappa shape index (κ1) is 30.9. The van der Waals surface area contributed by atoms with Crippen molar-refractivity contribution in [3.8, 4) is 17.2 Å². The molecular weight excluding hydrogens is 520 g/mol. The number of aromatic hydroxyl groups is 1. The van der Waals surface area contributed by atoms with E-state index in [1.165, 1.54) is 13.2 Å². The lowest BCUT2D eigenvalue weighted by Crippen LogP contribution is -2.49. The average Bonchev–Trinajstić information content (AvgIpc) is 3.00. The first-order valence-corrected chi connectivity index (χ1v) is 13.7. The van der Waals surface area contributed by atoms with Crippen LogP contribution in [-0.2, 0) is 27.2 Å². The molecule has 216 valence electrons. The number of phenolic OH excluding ortho intramolecular Hbond substituents is 1. The number of carbonyl (C=O) groups excluding carboxylic acids is 3. The summed E-state index contributed by atoms with van der Waals surface area (Å²) in [6.45, 7) is 2.30. The lowest BCUT2D eigenvalue weighted by atomic mass is 9.99. The van der Waals surface area contributed by atoms with Gasteiger partial charge >= 0.3 is 0 Å². The lowest BCUT2D eigenvalue weighted by molar-refractivity contribution is -0.139. The van der Waals surface area contributed by atoms with Gasteiger partial charge in [0.1, 0.15) is 11.8 Å². The highest BCUT2D eigenvalue weighted by Gasteiger charge is 2.28. The number of amides is 2. The van der Waals surface area contributed by atoms with Crippen LogP contribution in [0.3, 0.4) is 0 Å². The Morgan fingerprint density at radius 3 is 2.29 bits per heavy atom. The molecule has 8 heteroatoms. The van der Waals surface area contributed by atoms with E-state index in [0.29, 0.717) is 24.0 Å². The van der Waals surface area contributed by atoms with Crippen LogP contribution in [0.15, 0.2) is 78.4 Å². The maximum atomic E-state index is 13.5. The Balaban J connectivity index is 1.76. The molecule has 8 nitrogen and oxygen atoms in total. The molecule has 3 N–H and O–H groups in total. The second-order valence-electron chi connectivity index (χ2n) is 9.64. The van der Waals surface area contributed by atoms with Crippen LogP contribution in [0.25, 0.3) is 6.08 Å². The second kappa shape index (κ2) is 15.9. The van der Waals surface area contributed by atoms with Gasteiger partial charge in [0.2, 0.25) is 11.7 Å². The van der Waals surface area contributed by atoms with Crippen molar-refractivity contribution >= 4 is 23.7 Å². The van der Waals surface area contributed by atoms with Gasteiger partial charge in [0.05, 0.1) is 14.2 Å². The maximum absolute atomic E-state index is 13.5. The van der Waals surface area contributed by atoms with Crippen molar-refractivity contribution in [3.63, 3.8) is 0 Å². The summed E-state index contributed by atoms with van der Waals surface area (Å²) in [5, 5.41) is 15.5. The monoisotopic (exact) mass is 558 g/mol. The summed E-state index contributed by atoms with van der Waals surface area (Å²) in [6.07, 6.45) is 4.53. The van der Waals surface area contributed by atoms with E-state index >= 15 is 0 Å². The number of benzene rings is 3. The molecule has 0 radical (unpaired) electrons. The van der Waals surface area contributed by atoms with Gasteiger partial charge < -0.3 is 25.2 Å². The van der Waals surface area contributed by atoms with Gasteiger partial charge in [0, 0.05) is 18.5 Å². The van der Waals surface area contributed by atoms with Crippen LogP contribution in [0.2, 0.25) is 0 Å². The summed E-state index contributed by atoms with van der Waals surface area (Å²) in [5.74, 6) is -0.858. The van der Waals surface area contributed by atoms with Crippen LogP contribution < -0.4 is 20.1 Å². The topological polar surface area (TPSA) is 114 Å². The van der Waals surface area contributed by atoms with Gasteiger partial charge in [-0.05, 0) is 66.3 Å². The predicted octanol–water partition coefficient (Wildman–Crippen LogP) is 4.64. The first-order valence-electron chi connectivity index (χ1n) is 13.7. The third-order valence-electron chi connectivity index (χ3n) is 6.62. The summed E-state index contributed by atoms with van der Waals surface area (Å²) in [4.78, 5) is 39.7. The van der Waals surface area contributed by atoms with Crippen LogP contribution in [0.1, 0.15) is 42.9 Å². The van der Waals surface area contributed by atoms with E-state index in [1.807, 2.05) is 61.5 Å². The zero-order valence-corrected chi connectivity index (χ0v) is 23.8. The number of ketones is 1. The summed E-state index contributed by atoms with van der Waals surface area (Å²) < 4.78 is 10.4. The minimum atomic E-state index is -1.05. The molecule has 0 unspecified atom stereocenters. The number of hydrogen-bond acceptors (Lipinski definition) is 6. The number of hydrogen-bond donors (Lipinski definition) is 3. The van der Waals surface area contributed by atoms with Gasteiger partial charge in [0.15, 0.2) is 11.5 Å². The van der Waals surface area contributed by atoms with Crippen molar-refractivity contribution in [2.24, 2.45) is 0 Å². The van der Waals surface area contributed by atoms with Crippen molar-refractivity contribution in [1.82, 2.24) is 10.6 Å². The Morgan fingerprint density at radius 1 is 0.902 bits per heavy atom. The number of Topliss-reactive ketones (excluding diaryl/α,β-unsaturated/α-hetero) is 1. The van der Waals surface area contributed by atoms with E-state index in [1.54, 1.807) is 25.3 Å². The van der Waals surface area contributed by atoms with Gasteiger partial charge in [-0.25, -0.2) is 0 Å². The number of nitrogens with one attached hydrogen (secondary N) is 2. The number of carbonyl (C=O) groups is 3. The van der Waals surface area contributed by atoms with Crippen LogP contribution in [0, 0.1) is 0 Å². The minimum Gasteiger partial charge on any atom is -0.504 e. The first-order chi connectivity index (χ1) is 19.8. The fourth-order valence-corrected chi connectivity index (χ4v) is 4.27. The van der Waals surface area contributed by atoms with E-state index in [9.17, 15) is 19.5 Å². The molecule has 1 atom stereocenters. The normalized spacial score (nSPS) is 11.8. The Hall–Kier alpha value is -4.59. The number of ether oxygens (including phenoxy) is 2. The molecule has 0 fully saturated rings. The molecule has 0 heterocycles. The molecule has 3 aromatic carbocycles. The third-order valence-corrected chi connectivity index (χ3v) is 6.62. The molecule has 0 aliphatic rings. The molecule has 3 aromatic rings. The SMILES string of the molecule is CCCC/C(=C\c1ccc(O)c(OC)c1)C(=O)N[C@@H](Cc1ccccc1)C(=O)C(=O)NCCc1ccc(OC)cc1. The molecule has 41 heavy (non-hydrogen) atoms. The number of phenols is 1. The van der Waals surface area contributed by atoms with E-state index in [4.69, 9.17) is 9.47 Å². The Bertz CT molecular complexity index is 1340. The smallest absolute Gasteiger partial charge is 0.289 e. The average molecular weight is 559 g/mol. The van der Waals surface area contributed by atoms with Crippen LogP contribution in [0.4, 0.5) is 0 Å². The fourth-order valence-electron chi connectivity index (χ4n) is 4.27. The van der Waals surface area contributed by atoms with Gasteiger partial charge in [-0.15, -0.1) is 0 Å². The minimum absolute atomic E-state index is 0.00395. The Labute approximate surface area is 241 Å². The number of unbranched alkanes of at least 4 members (excludes halogenated alkanes) is 1. The largest absolute Gasteiger partial charge is 0.504 e. The van der Waals surface area contributed by atoms with Gasteiger partial charge in [-0.1, -0.05) is 61.9 Å². The third kappa shape index (κ3) is 9.53. The van der Waals surface area contributed by atoms with E-state index in [0.717, 1.165) is 29.7 Å².